The maximum atomic E-state index is 8.06. The van der Waals surface area contributed by atoms with Crippen LogP contribution in [0, 0.1) is 0 Å². The molecule has 0 saturated carbocycles. The van der Waals surface area contributed by atoms with E-state index in [-0.39, 0.29) is 6.10 Å². The van der Waals surface area contributed by atoms with Gasteiger partial charge in [-0.25, -0.2) is 9.97 Å². The van der Waals surface area contributed by atoms with Gasteiger partial charge < -0.3 is 10.4 Å². The van der Waals surface area contributed by atoms with Crippen LogP contribution in [0.3, 0.4) is 0 Å². The van der Waals surface area contributed by atoms with Gasteiger partial charge in [-0.3, -0.25) is 0 Å². The number of aliphatic hydroxyl groups excluding tert-OH is 1. The number of rotatable bonds is 5. The summed E-state index contributed by atoms with van der Waals surface area (Å²) in [6.45, 7) is 7.92. The van der Waals surface area contributed by atoms with Gasteiger partial charge in [0.15, 0.2) is 0 Å². The highest BCUT2D eigenvalue weighted by atomic mass is 32.1. The van der Waals surface area contributed by atoms with Gasteiger partial charge in [0.2, 0.25) is 0 Å². The fourth-order valence-corrected chi connectivity index (χ4v) is 4.19. The van der Waals surface area contributed by atoms with E-state index in [0.29, 0.717) is 6.04 Å². The van der Waals surface area contributed by atoms with Gasteiger partial charge in [-0.1, -0.05) is 20.3 Å². The predicted octanol–water partition coefficient (Wildman–Crippen LogP) is 4.56. The van der Waals surface area contributed by atoms with Crippen LogP contribution < -0.4 is 5.32 Å². The molecule has 0 aliphatic heterocycles. The van der Waals surface area contributed by atoms with Crippen molar-refractivity contribution in [2.45, 2.75) is 78.4 Å². The Morgan fingerprint density at radius 1 is 1.26 bits per heavy atom. The van der Waals surface area contributed by atoms with Crippen LogP contribution in [0.2, 0.25) is 0 Å². The number of nitrogens with zero attached hydrogens (tertiary/aromatic N) is 2. The standard InChI is InChI=1S/C15H21N3S.C3H8O/c1-3-6-10(4-2)18-14-13-11-7-5-8-12(11)19-15(13)17-9-16-14;1-3(2)4/h9-10H,3-8H2,1-2H3,(H,16,17,18);3-4H,1-2H3. The lowest BCUT2D eigenvalue weighted by molar-refractivity contribution is 0.216. The number of aryl methyl sites for hydroxylation is 2. The maximum absolute atomic E-state index is 8.06. The molecule has 1 atom stereocenters. The third-order valence-electron chi connectivity index (χ3n) is 3.97. The Balaban J connectivity index is 0.000000433. The van der Waals surface area contributed by atoms with Crippen molar-refractivity contribution >= 4 is 27.4 Å². The second-order valence-electron chi connectivity index (χ2n) is 6.39. The zero-order valence-electron chi connectivity index (χ0n) is 14.7. The average molecular weight is 336 g/mol. The molecule has 5 heteroatoms. The van der Waals surface area contributed by atoms with Crippen LogP contribution in [0.25, 0.3) is 10.2 Å². The highest BCUT2D eigenvalue weighted by Gasteiger charge is 2.21. The first-order valence-electron chi connectivity index (χ1n) is 8.76. The molecule has 0 amide bonds. The number of anilines is 1. The second-order valence-corrected chi connectivity index (χ2v) is 7.48. The third kappa shape index (κ3) is 4.64. The van der Waals surface area contributed by atoms with E-state index in [1.807, 2.05) is 11.3 Å². The molecule has 0 bridgehead atoms. The highest BCUT2D eigenvalue weighted by molar-refractivity contribution is 7.19. The Labute approximate surface area is 143 Å². The van der Waals surface area contributed by atoms with Crippen LogP contribution in [0.1, 0.15) is 63.8 Å². The van der Waals surface area contributed by atoms with Gasteiger partial charge in [-0.2, -0.15) is 0 Å². The summed E-state index contributed by atoms with van der Waals surface area (Å²) in [7, 11) is 0. The fraction of sp³-hybridized carbons (Fsp3) is 0.667. The Bertz CT molecular complexity index is 621. The number of hydrogen-bond acceptors (Lipinski definition) is 5. The number of thiophene rings is 1. The zero-order chi connectivity index (χ0) is 16.8. The summed E-state index contributed by atoms with van der Waals surface area (Å²) in [6.07, 6.45) is 8.80. The minimum Gasteiger partial charge on any atom is -0.394 e. The van der Waals surface area contributed by atoms with Crippen LogP contribution >= 0.6 is 11.3 Å². The van der Waals surface area contributed by atoms with Gasteiger partial charge in [0.05, 0.1) is 5.39 Å². The smallest absolute Gasteiger partial charge is 0.138 e. The van der Waals surface area contributed by atoms with E-state index in [1.54, 1.807) is 20.2 Å². The van der Waals surface area contributed by atoms with Crippen LogP contribution in [-0.4, -0.2) is 27.2 Å². The molecule has 1 aliphatic rings. The van der Waals surface area contributed by atoms with Gasteiger partial charge in [0, 0.05) is 17.0 Å². The van der Waals surface area contributed by atoms with E-state index in [9.17, 15) is 0 Å². The van der Waals surface area contributed by atoms with Crippen LogP contribution in [0.5, 0.6) is 0 Å². The van der Waals surface area contributed by atoms with Gasteiger partial charge in [0.25, 0.3) is 0 Å². The minimum atomic E-state index is -0.167. The number of fused-ring (bicyclic) bond motifs is 3. The van der Waals surface area contributed by atoms with Crippen molar-refractivity contribution in [3.8, 4) is 0 Å². The SMILES string of the molecule is CC(C)O.CCCC(CC)Nc1ncnc2sc3c(c12)CCC3. The van der Waals surface area contributed by atoms with E-state index in [1.165, 1.54) is 47.9 Å². The fourth-order valence-electron chi connectivity index (χ4n) is 2.96. The van der Waals surface area contributed by atoms with E-state index in [4.69, 9.17) is 5.11 Å². The van der Waals surface area contributed by atoms with E-state index < -0.39 is 0 Å². The maximum Gasteiger partial charge on any atom is 0.138 e. The summed E-state index contributed by atoms with van der Waals surface area (Å²) < 4.78 is 0. The molecule has 1 aliphatic carbocycles. The molecule has 0 saturated heterocycles. The molecule has 23 heavy (non-hydrogen) atoms. The van der Waals surface area contributed by atoms with Crippen LogP contribution in [-0.2, 0) is 12.8 Å². The Morgan fingerprint density at radius 2 is 2.00 bits per heavy atom. The Kier molecular flexibility index (Phi) is 6.78. The molecule has 0 aromatic carbocycles. The van der Waals surface area contributed by atoms with Crippen molar-refractivity contribution in [1.29, 1.82) is 0 Å². The molecule has 128 valence electrons. The van der Waals surface area contributed by atoms with Crippen molar-refractivity contribution in [2.75, 3.05) is 5.32 Å². The van der Waals surface area contributed by atoms with E-state index in [2.05, 4.69) is 29.1 Å². The topological polar surface area (TPSA) is 58.0 Å². The molecule has 0 spiro atoms. The lowest BCUT2D eigenvalue weighted by Crippen LogP contribution is -2.19. The summed E-state index contributed by atoms with van der Waals surface area (Å²) >= 11 is 1.86. The quantitative estimate of drug-likeness (QED) is 0.841. The zero-order valence-corrected chi connectivity index (χ0v) is 15.5. The molecular formula is C18H29N3OS. The molecule has 2 heterocycles. The number of aromatic nitrogens is 2. The first kappa shape index (κ1) is 18.1. The normalized spacial score (nSPS) is 14.5. The van der Waals surface area contributed by atoms with Crippen molar-refractivity contribution in [1.82, 2.24) is 9.97 Å². The van der Waals surface area contributed by atoms with Gasteiger partial charge in [-0.05, 0) is 51.5 Å². The van der Waals surface area contributed by atoms with Crippen molar-refractivity contribution < 1.29 is 5.11 Å². The predicted molar refractivity (Wildman–Crippen MR) is 99.4 cm³/mol. The average Bonchev–Trinajstić information content (AvgIpc) is 3.06. The molecule has 2 N–H and O–H groups in total. The number of hydrogen-bond donors (Lipinski definition) is 2. The van der Waals surface area contributed by atoms with Gasteiger partial charge in [-0.15, -0.1) is 11.3 Å². The molecule has 4 nitrogen and oxygen atoms in total. The van der Waals surface area contributed by atoms with E-state index >= 15 is 0 Å². The molecule has 1 unspecified atom stereocenters. The number of aliphatic hydroxyl groups is 1. The summed E-state index contributed by atoms with van der Waals surface area (Å²) in [5.74, 6) is 1.06. The van der Waals surface area contributed by atoms with Crippen molar-refractivity contribution in [3.05, 3.63) is 16.8 Å². The molecule has 3 rings (SSSR count). The Hall–Kier alpha value is -1.20. The molecular weight excluding hydrogens is 306 g/mol. The molecule has 0 fully saturated rings. The summed E-state index contributed by atoms with van der Waals surface area (Å²) in [4.78, 5) is 11.7. The van der Waals surface area contributed by atoms with Crippen LogP contribution in [0.4, 0.5) is 5.82 Å². The first-order valence-corrected chi connectivity index (χ1v) is 9.58. The van der Waals surface area contributed by atoms with Crippen LogP contribution in [0.15, 0.2) is 6.33 Å². The lowest BCUT2D eigenvalue weighted by Gasteiger charge is -2.17. The Morgan fingerprint density at radius 3 is 2.65 bits per heavy atom. The lowest BCUT2D eigenvalue weighted by atomic mass is 10.1. The van der Waals surface area contributed by atoms with Crippen molar-refractivity contribution in [3.63, 3.8) is 0 Å². The highest BCUT2D eigenvalue weighted by Crippen LogP contribution is 2.39. The largest absolute Gasteiger partial charge is 0.394 e. The summed E-state index contributed by atoms with van der Waals surface area (Å²) in [6, 6.07) is 0.528. The molecule has 2 aromatic rings. The van der Waals surface area contributed by atoms with Gasteiger partial charge >= 0.3 is 0 Å². The molecule has 2 aromatic heterocycles. The summed E-state index contributed by atoms with van der Waals surface area (Å²) in [5.41, 5.74) is 1.51. The van der Waals surface area contributed by atoms with E-state index in [0.717, 1.165) is 17.1 Å². The third-order valence-corrected chi connectivity index (χ3v) is 5.17. The summed E-state index contributed by atoms with van der Waals surface area (Å²) in [5, 5.41) is 13.0. The second kappa shape index (κ2) is 8.60. The van der Waals surface area contributed by atoms with Gasteiger partial charge in [0.1, 0.15) is 17.0 Å². The molecule has 0 radical (unpaired) electrons. The van der Waals surface area contributed by atoms with Crippen molar-refractivity contribution in [2.24, 2.45) is 0 Å². The first-order chi connectivity index (χ1) is 11.1. The number of nitrogens with one attached hydrogen (secondary N) is 1. The minimum absolute atomic E-state index is 0.167. The monoisotopic (exact) mass is 335 g/mol.